The SMILES string of the molecule is O=[N+]([O-])c1ccc2cc(-c3ccccc3)cc(O)c2c1. The summed E-state index contributed by atoms with van der Waals surface area (Å²) in [5.41, 5.74) is 1.84. The van der Waals surface area contributed by atoms with Gasteiger partial charge in [-0.15, -0.1) is 0 Å². The Bertz CT molecular complexity index is 797. The van der Waals surface area contributed by atoms with Crippen LogP contribution in [-0.2, 0) is 0 Å². The first kappa shape index (κ1) is 12.2. The molecule has 1 N–H and O–H groups in total. The number of aromatic hydroxyl groups is 1. The monoisotopic (exact) mass is 265 g/mol. The van der Waals surface area contributed by atoms with Gasteiger partial charge in [0.2, 0.25) is 0 Å². The van der Waals surface area contributed by atoms with E-state index in [0.717, 1.165) is 16.5 Å². The molecule has 0 atom stereocenters. The number of hydrogen-bond acceptors (Lipinski definition) is 3. The smallest absolute Gasteiger partial charge is 0.270 e. The van der Waals surface area contributed by atoms with Crippen molar-refractivity contribution in [1.29, 1.82) is 0 Å². The van der Waals surface area contributed by atoms with Crippen LogP contribution in [-0.4, -0.2) is 10.0 Å². The molecule has 0 heterocycles. The van der Waals surface area contributed by atoms with E-state index in [1.54, 1.807) is 12.1 Å². The Morgan fingerprint density at radius 2 is 1.65 bits per heavy atom. The third-order valence-corrected chi connectivity index (χ3v) is 3.23. The molecule has 0 aliphatic heterocycles. The number of nitrogens with zero attached hydrogens (tertiary/aromatic N) is 1. The molecule has 98 valence electrons. The minimum Gasteiger partial charge on any atom is -0.507 e. The first-order chi connectivity index (χ1) is 9.65. The van der Waals surface area contributed by atoms with E-state index in [4.69, 9.17) is 0 Å². The summed E-state index contributed by atoms with van der Waals surface area (Å²) in [5.74, 6) is 0.0463. The number of non-ortho nitro benzene ring substituents is 1. The summed E-state index contributed by atoms with van der Waals surface area (Å²) in [5, 5.41) is 22.1. The summed E-state index contributed by atoms with van der Waals surface area (Å²) in [4.78, 5) is 10.3. The first-order valence-electron chi connectivity index (χ1n) is 6.12. The second kappa shape index (κ2) is 4.66. The van der Waals surface area contributed by atoms with Gasteiger partial charge >= 0.3 is 0 Å². The Hall–Kier alpha value is -2.88. The highest BCUT2D eigenvalue weighted by Crippen LogP contribution is 2.33. The van der Waals surface area contributed by atoms with E-state index >= 15 is 0 Å². The van der Waals surface area contributed by atoms with Gasteiger partial charge in [-0.05, 0) is 34.7 Å². The molecule has 4 heteroatoms. The normalized spacial score (nSPS) is 10.6. The molecule has 0 aromatic heterocycles. The third-order valence-electron chi connectivity index (χ3n) is 3.23. The molecular formula is C16H11NO3. The Kier molecular flexibility index (Phi) is 2.84. The quantitative estimate of drug-likeness (QED) is 0.560. The number of fused-ring (bicyclic) bond motifs is 1. The Morgan fingerprint density at radius 1 is 0.900 bits per heavy atom. The molecule has 0 aliphatic rings. The molecule has 0 fully saturated rings. The maximum atomic E-state index is 10.8. The summed E-state index contributed by atoms with van der Waals surface area (Å²) in [6, 6.07) is 17.7. The van der Waals surface area contributed by atoms with Crippen LogP contribution >= 0.6 is 0 Å². The Balaban J connectivity index is 2.21. The largest absolute Gasteiger partial charge is 0.507 e. The number of phenolic OH excluding ortho intramolecular Hbond substituents is 1. The number of rotatable bonds is 2. The van der Waals surface area contributed by atoms with E-state index in [1.807, 2.05) is 36.4 Å². The van der Waals surface area contributed by atoms with Crippen LogP contribution in [0.2, 0.25) is 0 Å². The van der Waals surface area contributed by atoms with Gasteiger partial charge in [0, 0.05) is 17.5 Å². The lowest BCUT2D eigenvalue weighted by Gasteiger charge is -2.06. The molecule has 3 rings (SSSR count). The van der Waals surface area contributed by atoms with Crippen LogP contribution in [0.5, 0.6) is 5.75 Å². The van der Waals surface area contributed by atoms with Crippen molar-refractivity contribution in [2.45, 2.75) is 0 Å². The van der Waals surface area contributed by atoms with Gasteiger partial charge in [-0.3, -0.25) is 10.1 Å². The highest BCUT2D eigenvalue weighted by Gasteiger charge is 2.10. The maximum Gasteiger partial charge on any atom is 0.270 e. The van der Waals surface area contributed by atoms with E-state index in [0.29, 0.717) is 5.39 Å². The van der Waals surface area contributed by atoms with Gasteiger partial charge in [0.1, 0.15) is 5.75 Å². The van der Waals surface area contributed by atoms with Crippen molar-refractivity contribution in [1.82, 2.24) is 0 Å². The molecule has 0 spiro atoms. The minimum atomic E-state index is -0.468. The van der Waals surface area contributed by atoms with Gasteiger partial charge in [0.05, 0.1) is 4.92 Å². The number of nitro benzene ring substituents is 1. The molecule has 0 amide bonds. The van der Waals surface area contributed by atoms with Crippen LogP contribution in [0.4, 0.5) is 5.69 Å². The Morgan fingerprint density at radius 3 is 2.35 bits per heavy atom. The average Bonchev–Trinajstić information content (AvgIpc) is 2.47. The summed E-state index contributed by atoms with van der Waals surface area (Å²) >= 11 is 0. The molecule has 0 unspecified atom stereocenters. The topological polar surface area (TPSA) is 63.4 Å². The standard InChI is InChI=1S/C16H11NO3/c18-16-9-13(11-4-2-1-3-5-11)8-12-6-7-14(17(19)20)10-15(12)16/h1-10,18H. The van der Waals surface area contributed by atoms with Crippen LogP contribution in [0, 0.1) is 10.1 Å². The molecular weight excluding hydrogens is 254 g/mol. The fourth-order valence-corrected chi connectivity index (χ4v) is 2.24. The number of nitro groups is 1. The van der Waals surface area contributed by atoms with E-state index in [1.165, 1.54) is 12.1 Å². The fraction of sp³-hybridized carbons (Fsp3) is 0. The molecule has 0 saturated carbocycles. The van der Waals surface area contributed by atoms with Crippen LogP contribution in [0.15, 0.2) is 60.7 Å². The zero-order valence-electron chi connectivity index (χ0n) is 10.5. The molecule has 3 aromatic rings. The molecule has 4 nitrogen and oxygen atoms in total. The number of benzene rings is 3. The second-order valence-corrected chi connectivity index (χ2v) is 4.52. The molecule has 20 heavy (non-hydrogen) atoms. The van der Waals surface area contributed by atoms with E-state index < -0.39 is 4.92 Å². The third kappa shape index (κ3) is 2.07. The lowest BCUT2D eigenvalue weighted by molar-refractivity contribution is -0.384. The van der Waals surface area contributed by atoms with Gasteiger partial charge in [0.25, 0.3) is 5.69 Å². The molecule has 0 bridgehead atoms. The summed E-state index contributed by atoms with van der Waals surface area (Å²) in [6.45, 7) is 0. The van der Waals surface area contributed by atoms with Gasteiger partial charge in [-0.1, -0.05) is 30.3 Å². The van der Waals surface area contributed by atoms with Crippen LogP contribution in [0.3, 0.4) is 0 Å². The number of hydrogen-bond donors (Lipinski definition) is 1. The highest BCUT2D eigenvalue weighted by atomic mass is 16.6. The predicted molar refractivity (Wildman–Crippen MR) is 77.7 cm³/mol. The average molecular weight is 265 g/mol. The van der Waals surface area contributed by atoms with Crippen molar-refractivity contribution in [3.63, 3.8) is 0 Å². The Labute approximate surface area is 115 Å². The van der Waals surface area contributed by atoms with Gasteiger partial charge in [-0.25, -0.2) is 0 Å². The summed E-state index contributed by atoms with van der Waals surface area (Å²) in [7, 11) is 0. The summed E-state index contributed by atoms with van der Waals surface area (Å²) < 4.78 is 0. The molecule has 3 aromatic carbocycles. The van der Waals surface area contributed by atoms with Crippen molar-refractivity contribution in [3.8, 4) is 16.9 Å². The lowest BCUT2D eigenvalue weighted by Crippen LogP contribution is -1.88. The van der Waals surface area contributed by atoms with Gasteiger partial charge in [0.15, 0.2) is 0 Å². The molecule has 0 radical (unpaired) electrons. The first-order valence-corrected chi connectivity index (χ1v) is 6.12. The molecule has 0 aliphatic carbocycles. The zero-order chi connectivity index (χ0) is 14.1. The van der Waals surface area contributed by atoms with E-state index in [-0.39, 0.29) is 11.4 Å². The van der Waals surface area contributed by atoms with E-state index in [2.05, 4.69) is 0 Å². The number of phenols is 1. The lowest BCUT2D eigenvalue weighted by atomic mass is 10.00. The zero-order valence-corrected chi connectivity index (χ0v) is 10.5. The van der Waals surface area contributed by atoms with Gasteiger partial charge in [-0.2, -0.15) is 0 Å². The van der Waals surface area contributed by atoms with E-state index in [9.17, 15) is 15.2 Å². The fourth-order valence-electron chi connectivity index (χ4n) is 2.24. The van der Waals surface area contributed by atoms with Crippen molar-refractivity contribution < 1.29 is 10.0 Å². The van der Waals surface area contributed by atoms with Crippen molar-refractivity contribution in [3.05, 3.63) is 70.8 Å². The van der Waals surface area contributed by atoms with Crippen LogP contribution in [0.1, 0.15) is 0 Å². The maximum absolute atomic E-state index is 10.8. The minimum absolute atomic E-state index is 0.0275. The highest BCUT2D eigenvalue weighted by molar-refractivity contribution is 5.93. The second-order valence-electron chi connectivity index (χ2n) is 4.52. The van der Waals surface area contributed by atoms with Crippen molar-refractivity contribution in [2.75, 3.05) is 0 Å². The summed E-state index contributed by atoms with van der Waals surface area (Å²) in [6.07, 6.45) is 0. The van der Waals surface area contributed by atoms with Crippen molar-refractivity contribution in [2.24, 2.45) is 0 Å². The van der Waals surface area contributed by atoms with Crippen molar-refractivity contribution >= 4 is 16.5 Å². The van der Waals surface area contributed by atoms with Crippen LogP contribution in [0.25, 0.3) is 21.9 Å². The predicted octanol–water partition coefficient (Wildman–Crippen LogP) is 4.12. The van der Waals surface area contributed by atoms with Gasteiger partial charge < -0.3 is 5.11 Å². The van der Waals surface area contributed by atoms with Crippen LogP contribution < -0.4 is 0 Å². The molecule has 0 saturated heterocycles.